The summed E-state index contributed by atoms with van der Waals surface area (Å²) in [6.45, 7) is 3.97. The first-order chi connectivity index (χ1) is 6.70. The summed E-state index contributed by atoms with van der Waals surface area (Å²) < 4.78 is 4.55. The highest BCUT2D eigenvalue weighted by Gasteiger charge is 1.94. The molecule has 0 radical (unpaired) electrons. The smallest absolute Gasteiger partial charge is 0.384 e. The first-order valence-electron chi connectivity index (χ1n) is 4.55. The maximum absolute atomic E-state index is 10.7. The van der Waals surface area contributed by atoms with E-state index >= 15 is 0 Å². The van der Waals surface area contributed by atoms with Gasteiger partial charge in [-0.05, 0) is 19.3 Å². The van der Waals surface area contributed by atoms with Crippen molar-refractivity contribution in [3.05, 3.63) is 0 Å². The largest absolute Gasteiger partial charge is 0.456 e. The zero-order valence-electron chi connectivity index (χ0n) is 8.46. The van der Waals surface area contributed by atoms with Crippen molar-refractivity contribution in [2.45, 2.75) is 32.8 Å². The van der Waals surface area contributed by atoms with E-state index in [1.807, 2.05) is 6.92 Å². The van der Waals surface area contributed by atoms with E-state index in [-0.39, 0.29) is 6.61 Å². The van der Waals surface area contributed by atoms with Crippen molar-refractivity contribution in [1.82, 2.24) is 0 Å². The van der Waals surface area contributed by atoms with Gasteiger partial charge in [-0.15, -0.1) is 0 Å². The van der Waals surface area contributed by atoms with Gasteiger partial charge in [-0.2, -0.15) is 0 Å². The number of hydrogen-bond acceptors (Lipinski definition) is 3. The molecular weight excluding hydrogens is 180 g/mol. The number of rotatable bonds is 2. The molecule has 1 atom stereocenters. The lowest BCUT2D eigenvalue weighted by Gasteiger charge is -1.92. The summed E-state index contributed by atoms with van der Waals surface area (Å²) in [4.78, 5) is 10.7. The van der Waals surface area contributed by atoms with Crippen LogP contribution < -0.4 is 0 Å². The molecule has 0 aliphatic rings. The summed E-state index contributed by atoms with van der Waals surface area (Å²) in [7, 11) is 0. The average Bonchev–Trinajstić information content (AvgIpc) is 2.16. The monoisotopic (exact) mass is 194 g/mol. The van der Waals surface area contributed by atoms with Gasteiger partial charge in [-0.3, -0.25) is 0 Å². The Morgan fingerprint density at radius 3 is 2.71 bits per heavy atom. The second-order valence-corrected chi connectivity index (χ2v) is 2.46. The molecule has 76 valence electrons. The van der Waals surface area contributed by atoms with Crippen LogP contribution in [0.3, 0.4) is 0 Å². The molecule has 0 aromatic heterocycles. The van der Waals surface area contributed by atoms with Gasteiger partial charge in [0.25, 0.3) is 0 Å². The normalized spacial score (nSPS) is 10.2. The maximum atomic E-state index is 10.7. The fourth-order valence-electron chi connectivity index (χ4n) is 0.624. The Labute approximate surface area is 84.5 Å². The summed E-state index contributed by atoms with van der Waals surface area (Å²) in [6, 6.07) is 0. The molecule has 0 heterocycles. The van der Waals surface area contributed by atoms with Crippen LogP contribution in [0.2, 0.25) is 0 Å². The number of hydrogen-bond donors (Lipinski definition) is 1. The van der Waals surface area contributed by atoms with Crippen molar-refractivity contribution in [2.75, 3.05) is 6.61 Å². The molecule has 0 saturated carbocycles. The quantitative estimate of drug-likeness (QED) is 0.400. The molecule has 3 nitrogen and oxygen atoms in total. The third-order valence-electron chi connectivity index (χ3n) is 1.20. The molecule has 0 saturated heterocycles. The number of aliphatic hydroxyl groups is 1. The average molecular weight is 194 g/mol. The van der Waals surface area contributed by atoms with E-state index in [1.54, 1.807) is 6.92 Å². The number of carbonyl (C=O) groups excluding carboxylic acids is 1. The van der Waals surface area contributed by atoms with E-state index < -0.39 is 12.1 Å². The third-order valence-corrected chi connectivity index (χ3v) is 1.20. The van der Waals surface area contributed by atoms with Gasteiger partial charge in [0.05, 0.1) is 6.61 Å². The number of aliphatic hydroxyl groups excluding tert-OH is 1. The van der Waals surface area contributed by atoms with Crippen molar-refractivity contribution in [1.29, 1.82) is 0 Å². The van der Waals surface area contributed by atoms with Crippen LogP contribution in [-0.2, 0) is 9.53 Å². The molecule has 1 N–H and O–H groups in total. The van der Waals surface area contributed by atoms with E-state index in [0.717, 1.165) is 12.8 Å². The SMILES string of the molecule is CCCC#CC(O)C#CC(=O)OCC. The lowest BCUT2D eigenvalue weighted by molar-refractivity contribution is -0.136. The summed E-state index contributed by atoms with van der Waals surface area (Å²) in [5, 5.41) is 9.14. The summed E-state index contributed by atoms with van der Waals surface area (Å²) in [6.07, 6.45) is 0.592. The molecule has 0 aromatic rings. The van der Waals surface area contributed by atoms with Gasteiger partial charge in [0.1, 0.15) is 0 Å². The molecule has 0 aromatic carbocycles. The minimum atomic E-state index is -1.06. The van der Waals surface area contributed by atoms with E-state index in [0.29, 0.717) is 0 Å². The van der Waals surface area contributed by atoms with Gasteiger partial charge < -0.3 is 9.84 Å². The molecule has 1 unspecified atom stereocenters. The Bertz CT molecular complexity index is 285. The topological polar surface area (TPSA) is 46.5 Å². The van der Waals surface area contributed by atoms with Crippen LogP contribution in [-0.4, -0.2) is 23.8 Å². The number of esters is 1. The molecule has 0 aliphatic heterocycles. The van der Waals surface area contributed by atoms with Crippen LogP contribution in [0.25, 0.3) is 0 Å². The van der Waals surface area contributed by atoms with Crippen molar-refractivity contribution < 1.29 is 14.6 Å². The van der Waals surface area contributed by atoms with E-state index in [9.17, 15) is 4.79 Å². The standard InChI is InChI=1S/C11H14O3/c1-3-5-6-7-10(12)8-9-11(13)14-4-2/h10,12H,3-5H2,1-2H3. The first kappa shape index (κ1) is 12.6. The van der Waals surface area contributed by atoms with E-state index in [2.05, 4.69) is 28.4 Å². The van der Waals surface area contributed by atoms with Gasteiger partial charge in [-0.25, -0.2) is 4.79 Å². The van der Waals surface area contributed by atoms with Crippen molar-refractivity contribution in [2.24, 2.45) is 0 Å². The first-order valence-corrected chi connectivity index (χ1v) is 4.55. The predicted molar refractivity (Wildman–Crippen MR) is 53.1 cm³/mol. The Morgan fingerprint density at radius 1 is 1.43 bits per heavy atom. The summed E-state index contributed by atoms with van der Waals surface area (Å²) >= 11 is 0. The zero-order valence-corrected chi connectivity index (χ0v) is 8.46. The number of ether oxygens (including phenoxy) is 1. The van der Waals surface area contributed by atoms with Crippen LogP contribution in [0.1, 0.15) is 26.7 Å². The fourth-order valence-corrected chi connectivity index (χ4v) is 0.624. The lowest BCUT2D eigenvalue weighted by Crippen LogP contribution is -2.03. The van der Waals surface area contributed by atoms with Gasteiger partial charge in [0.2, 0.25) is 0 Å². The molecule has 14 heavy (non-hydrogen) atoms. The van der Waals surface area contributed by atoms with Crippen LogP contribution in [0, 0.1) is 23.7 Å². The molecule has 0 bridgehead atoms. The predicted octanol–water partition coefficient (Wildman–Crippen LogP) is 0.717. The van der Waals surface area contributed by atoms with Crippen LogP contribution in [0.5, 0.6) is 0 Å². The van der Waals surface area contributed by atoms with Crippen molar-refractivity contribution in [3.8, 4) is 23.7 Å². The maximum Gasteiger partial charge on any atom is 0.384 e. The number of unbranched alkanes of at least 4 members (excludes halogenated alkanes) is 1. The highest BCUT2D eigenvalue weighted by Crippen LogP contribution is 1.83. The van der Waals surface area contributed by atoms with E-state index in [4.69, 9.17) is 5.11 Å². The van der Waals surface area contributed by atoms with Crippen LogP contribution >= 0.6 is 0 Å². The second-order valence-electron chi connectivity index (χ2n) is 2.46. The molecule has 0 amide bonds. The van der Waals surface area contributed by atoms with Gasteiger partial charge in [0.15, 0.2) is 6.10 Å². The summed E-state index contributed by atoms with van der Waals surface area (Å²) in [5.41, 5.74) is 0. The highest BCUT2D eigenvalue weighted by atomic mass is 16.5. The highest BCUT2D eigenvalue weighted by molar-refractivity contribution is 5.88. The van der Waals surface area contributed by atoms with E-state index in [1.165, 1.54) is 0 Å². The van der Waals surface area contributed by atoms with Crippen molar-refractivity contribution in [3.63, 3.8) is 0 Å². The van der Waals surface area contributed by atoms with Gasteiger partial charge in [0, 0.05) is 12.3 Å². The molecule has 3 heteroatoms. The zero-order chi connectivity index (χ0) is 10.8. The lowest BCUT2D eigenvalue weighted by atomic mass is 10.3. The third kappa shape index (κ3) is 7.21. The van der Waals surface area contributed by atoms with Crippen LogP contribution in [0.15, 0.2) is 0 Å². The number of carbonyl (C=O) groups is 1. The Hall–Kier alpha value is -1.45. The van der Waals surface area contributed by atoms with Gasteiger partial charge in [-0.1, -0.05) is 18.8 Å². The molecule has 0 rings (SSSR count). The van der Waals surface area contributed by atoms with Crippen molar-refractivity contribution >= 4 is 5.97 Å². The van der Waals surface area contributed by atoms with Crippen LogP contribution in [0.4, 0.5) is 0 Å². The Balaban J connectivity index is 3.98. The molecule has 0 aliphatic carbocycles. The second kappa shape index (κ2) is 8.16. The minimum absolute atomic E-state index is 0.283. The fraction of sp³-hybridized carbons (Fsp3) is 0.545. The molecule has 0 spiro atoms. The molecule has 0 fully saturated rings. The van der Waals surface area contributed by atoms with Gasteiger partial charge >= 0.3 is 5.97 Å². The minimum Gasteiger partial charge on any atom is -0.456 e. The Kier molecular flexibility index (Phi) is 7.32. The molecular formula is C11H14O3. The Morgan fingerprint density at radius 2 is 2.14 bits per heavy atom. The summed E-state index contributed by atoms with van der Waals surface area (Å²) in [5.74, 6) is 9.04.